The lowest BCUT2D eigenvalue weighted by molar-refractivity contribution is 0.559. The second-order valence-corrected chi connectivity index (χ2v) is 5.37. The van der Waals surface area contributed by atoms with E-state index in [-0.39, 0.29) is 12.0 Å². The van der Waals surface area contributed by atoms with E-state index in [0.29, 0.717) is 17.0 Å². The SMILES string of the molecule is Nc1cc(Br)cc2[nH]c(Cc3c(F)cccc3F)nc12. The Morgan fingerprint density at radius 1 is 1.20 bits per heavy atom. The molecule has 0 bridgehead atoms. The Labute approximate surface area is 122 Å². The molecule has 1 heterocycles. The van der Waals surface area contributed by atoms with Crippen molar-refractivity contribution in [3.63, 3.8) is 0 Å². The van der Waals surface area contributed by atoms with Crippen molar-refractivity contribution in [2.24, 2.45) is 0 Å². The highest BCUT2D eigenvalue weighted by atomic mass is 79.9. The Kier molecular flexibility index (Phi) is 3.17. The lowest BCUT2D eigenvalue weighted by Crippen LogP contribution is -1.98. The molecule has 0 aliphatic rings. The fourth-order valence-electron chi connectivity index (χ4n) is 2.11. The number of nitrogen functional groups attached to an aromatic ring is 1. The van der Waals surface area contributed by atoms with Gasteiger partial charge in [0, 0.05) is 16.5 Å². The van der Waals surface area contributed by atoms with E-state index in [1.165, 1.54) is 18.2 Å². The predicted molar refractivity (Wildman–Crippen MR) is 77.4 cm³/mol. The number of aromatic amines is 1. The van der Waals surface area contributed by atoms with Crippen LogP contribution in [0.4, 0.5) is 14.5 Å². The Morgan fingerprint density at radius 2 is 1.90 bits per heavy atom. The largest absolute Gasteiger partial charge is 0.397 e. The molecule has 0 saturated carbocycles. The van der Waals surface area contributed by atoms with Crippen molar-refractivity contribution in [3.8, 4) is 0 Å². The summed E-state index contributed by atoms with van der Waals surface area (Å²) in [5.41, 5.74) is 7.68. The molecule has 0 aliphatic heterocycles. The van der Waals surface area contributed by atoms with Gasteiger partial charge in [-0.05, 0) is 24.3 Å². The van der Waals surface area contributed by atoms with Crippen LogP contribution in [0.3, 0.4) is 0 Å². The van der Waals surface area contributed by atoms with Crippen LogP contribution in [-0.4, -0.2) is 9.97 Å². The monoisotopic (exact) mass is 337 g/mol. The van der Waals surface area contributed by atoms with E-state index in [9.17, 15) is 8.78 Å². The molecular formula is C14H10BrF2N3. The van der Waals surface area contributed by atoms with Gasteiger partial charge in [-0.2, -0.15) is 0 Å². The second-order valence-electron chi connectivity index (χ2n) is 4.45. The second kappa shape index (κ2) is 4.86. The smallest absolute Gasteiger partial charge is 0.129 e. The number of nitrogens with two attached hydrogens (primary N) is 1. The summed E-state index contributed by atoms with van der Waals surface area (Å²) in [7, 11) is 0. The minimum absolute atomic E-state index is 0.0100. The molecule has 2 aromatic carbocycles. The Bertz CT molecular complexity index is 778. The van der Waals surface area contributed by atoms with Crippen molar-refractivity contribution in [3.05, 3.63) is 57.8 Å². The normalized spacial score (nSPS) is 11.2. The number of aromatic nitrogens is 2. The number of anilines is 1. The molecule has 0 amide bonds. The zero-order chi connectivity index (χ0) is 14.3. The first-order chi connectivity index (χ1) is 9.54. The maximum atomic E-state index is 13.6. The van der Waals surface area contributed by atoms with Crippen molar-refractivity contribution in [2.75, 3.05) is 5.73 Å². The van der Waals surface area contributed by atoms with Crippen LogP contribution < -0.4 is 5.73 Å². The molecule has 0 saturated heterocycles. The standard InChI is InChI=1S/C14H10BrF2N3/c15-7-4-11(18)14-12(5-7)19-13(20-14)6-8-9(16)2-1-3-10(8)17/h1-5H,6,18H2,(H,19,20). The molecule has 102 valence electrons. The predicted octanol–water partition coefficient (Wildman–Crippen LogP) is 3.78. The number of imidazole rings is 1. The number of halogens is 3. The van der Waals surface area contributed by atoms with Gasteiger partial charge >= 0.3 is 0 Å². The fraction of sp³-hybridized carbons (Fsp3) is 0.0714. The highest BCUT2D eigenvalue weighted by molar-refractivity contribution is 9.10. The van der Waals surface area contributed by atoms with E-state index in [1.807, 2.05) is 6.07 Å². The van der Waals surface area contributed by atoms with E-state index in [0.717, 1.165) is 9.99 Å². The third-order valence-electron chi connectivity index (χ3n) is 3.04. The van der Waals surface area contributed by atoms with E-state index < -0.39 is 11.6 Å². The van der Waals surface area contributed by atoms with Gasteiger partial charge in [-0.3, -0.25) is 0 Å². The topological polar surface area (TPSA) is 54.7 Å². The van der Waals surface area contributed by atoms with E-state index >= 15 is 0 Å². The minimum atomic E-state index is -0.584. The first kappa shape index (κ1) is 13.1. The molecule has 3 nitrogen and oxygen atoms in total. The van der Waals surface area contributed by atoms with E-state index in [1.54, 1.807) is 6.07 Å². The number of nitrogens with zero attached hydrogens (tertiary/aromatic N) is 1. The molecule has 3 aromatic rings. The van der Waals surface area contributed by atoms with Crippen molar-refractivity contribution in [2.45, 2.75) is 6.42 Å². The van der Waals surface area contributed by atoms with Crippen molar-refractivity contribution >= 4 is 32.7 Å². The van der Waals surface area contributed by atoms with Crippen LogP contribution in [0, 0.1) is 11.6 Å². The average Bonchev–Trinajstić information content (AvgIpc) is 2.77. The first-order valence-electron chi connectivity index (χ1n) is 5.91. The number of H-pyrrole nitrogens is 1. The third-order valence-corrected chi connectivity index (χ3v) is 3.49. The Balaban J connectivity index is 2.06. The summed E-state index contributed by atoms with van der Waals surface area (Å²) in [5, 5.41) is 0. The Morgan fingerprint density at radius 3 is 2.60 bits per heavy atom. The molecule has 1 aromatic heterocycles. The number of fused-ring (bicyclic) bond motifs is 1. The van der Waals surface area contributed by atoms with Crippen LogP contribution in [0.25, 0.3) is 11.0 Å². The van der Waals surface area contributed by atoms with E-state index in [2.05, 4.69) is 25.9 Å². The van der Waals surface area contributed by atoms with Gasteiger partial charge in [0.1, 0.15) is 23.0 Å². The van der Waals surface area contributed by atoms with Gasteiger partial charge in [-0.25, -0.2) is 13.8 Å². The van der Waals surface area contributed by atoms with Crippen LogP contribution in [0.2, 0.25) is 0 Å². The number of benzene rings is 2. The molecule has 0 fully saturated rings. The highest BCUT2D eigenvalue weighted by Crippen LogP contribution is 2.25. The maximum Gasteiger partial charge on any atom is 0.129 e. The number of hydrogen-bond acceptors (Lipinski definition) is 2. The number of rotatable bonds is 2. The molecule has 20 heavy (non-hydrogen) atoms. The van der Waals surface area contributed by atoms with Gasteiger partial charge in [0.15, 0.2) is 0 Å². The summed E-state index contributed by atoms with van der Waals surface area (Å²) in [6.45, 7) is 0. The van der Waals surface area contributed by atoms with Crippen molar-refractivity contribution in [1.82, 2.24) is 9.97 Å². The lowest BCUT2D eigenvalue weighted by atomic mass is 10.1. The third kappa shape index (κ3) is 2.27. The van der Waals surface area contributed by atoms with Crippen molar-refractivity contribution < 1.29 is 8.78 Å². The van der Waals surface area contributed by atoms with Crippen LogP contribution in [0.15, 0.2) is 34.8 Å². The fourth-order valence-corrected chi connectivity index (χ4v) is 2.59. The summed E-state index contributed by atoms with van der Waals surface area (Å²) in [6, 6.07) is 7.34. The van der Waals surface area contributed by atoms with Gasteiger partial charge < -0.3 is 10.7 Å². The molecule has 0 aliphatic carbocycles. The van der Waals surface area contributed by atoms with Gasteiger partial charge in [-0.1, -0.05) is 22.0 Å². The van der Waals surface area contributed by atoms with Crippen LogP contribution in [-0.2, 0) is 6.42 Å². The van der Waals surface area contributed by atoms with Crippen LogP contribution >= 0.6 is 15.9 Å². The van der Waals surface area contributed by atoms with E-state index in [4.69, 9.17) is 5.73 Å². The minimum Gasteiger partial charge on any atom is -0.397 e. The molecule has 6 heteroatoms. The summed E-state index contributed by atoms with van der Waals surface area (Å²) in [5.74, 6) is -0.701. The summed E-state index contributed by atoms with van der Waals surface area (Å²) in [6.07, 6.45) is 0.0459. The molecular weight excluding hydrogens is 328 g/mol. The van der Waals surface area contributed by atoms with Gasteiger partial charge in [0.2, 0.25) is 0 Å². The summed E-state index contributed by atoms with van der Waals surface area (Å²) >= 11 is 3.33. The molecule has 0 radical (unpaired) electrons. The van der Waals surface area contributed by atoms with Gasteiger partial charge in [0.25, 0.3) is 0 Å². The zero-order valence-electron chi connectivity index (χ0n) is 10.3. The number of nitrogens with one attached hydrogen (secondary N) is 1. The molecule has 0 unspecified atom stereocenters. The lowest BCUT2D eigenvalue weighted by Gasteiger charge is -2.01. The Hall–Kier alpha value is -1.95. The first-order valence-corrected chi connectivity index (χ1v) is 6.70. The molecule has 3 N–H and O–H groups in total. The average molecular weight is 338 g/mol. The van der Waals surface area contributed by atoms with Gasteiger partial charge in [0.05, 0.1) is 11.2 Å². The molecule has 0 spiro atoms. The summed E-state index contributed by atoms with van der Waals surface area (Å²) < 4.78 is 28.1. The number of hydrogen-bond donors (Lipinski definition) is 2. The van der Waals surface area contributed by atoms with Crippen molar-refractivity contribution in [1.29, 1.82) is 0 Å². The maximum absolute atomic E-state index is 13.6. The van der Waals surface area contributed by atoms with Gasteiger partial charge in [-0.15, -0.1) is 0 Å². The van der Waals surface area contributed by atoms with Crippen LogP contribution in [0.1, 0.15) is 11.4 Å². The highest BCUT2D eigenvalue weighted by Gasteiger charge is 2.13. The molecule has 0 atom stereocenters. The zero-order valence-corrected chi connectivity index (χ0v) is 11.8. The summed E-state index contributed by atoms with van der Waals surface area (Å²) in [4.78, 5) is 7.32. The quantitative estimate of drug-likeness (QED) is 0.699. The van der Waals surface area contributed by atoms with Crippen LogP contribution in [0.5, 0.6) is 0 Å². The molecule has 3 rings (SSSR count).